The van der Waals surface area contributed by atoms with Crippen LogP contribution in [0.4, 0.5) is 0 Å². The standard InChI is InChI=1S/2C7H17NO5/c2*1-8-2-4(10)6(12)7(13)5(11)3-9/h2*4-13H,2-3H2,1H3. The molecule has 160 valence electrons. The predicted octanol–water partition coefficient (Wildman–Crippen LogP) is -6.72. The topological polar surface area (TPSA) is 226 Å². The molecule has 0 heterocycles. The average molecular weight is 390 g/mol. The minimum Gasteiger partial charge on any atom is -0.394 e. The fourth-order valence-electron chi connectivity index (χ4n) is 1.79. The maximum atomic E-state index is 9.21. The lowest BCUT2D eigenvalue weighted by atomic mass is 10.0. The number of rotatable bonds is 12. The Hall–Kier alpha value is -0.480. The highest BCUT2D eigenvalue weighted by atomic mass is 16.4. The van der Waals surface area contributed by atoms with Crippen molar-refractivity contribution in [1.29, 1.82) is 0 Å². The molecule has 12 N–H and O–H groups in total. The van der Waals surface area contributed by atoms with Crippen LogP contribution in [0.1, 0.15) is 0 Å². The van der Waals surface area contributed by atoms with Crippen LogP contribution in [0, 0.1) is 0 Å². The van der Waals surface area contributed by atoms with Crippen molar-refractivity contribution in [3.05, 3.63) is 0 Å². The van der Waals surface area contributed by atoms with Crippen LogP contribution in [0.2, 0.25) is 0 Å². The van der Waals surface area contributed by atoms with E-state index in [1.165, 1.54) is 0 Å². The van der Waals surface area contributed by atoms with E-state index >= 15 is 0 Å². The minimum absolute atomic E-state index is 0.0936. The Morgan fingerprint density at radius 2 is 0.731 bits per heavy atom. The molecule has 0 aromatic carbocycles. The van der Waals surface area contributed by atoms with Gasteiger partial charge in [0.1, 0.15) is 36.6 Å². The van der Waals surface area contributed by atoms with Crippen molar-refractivity contribution in [1.82, 2.24) is 10.6 Å². The molecule has 0 spiro atoms. The summed E-state index contributed by atoms with van der Waals surface area (Å²) in [6, 6.07) is 0. The van der Waals surface area contributed by atoms with Gasteiger partial charge in [0.25, 0.3) is 0 Å². The van der Waals surface area contributed by atoms with Crippen LogP contribution in [0.3, 0.4) is 0 Å². The summed E-state index contributed by atoms with van der Waals surface area (Å²) < 4.78 is 0. The molecule has 26 heavy (non-hydrogen) atoms. The number of hydrogen-bond donors (Lipinski definition) is 12. The largest absolute Gasteiger partial charge is 0.394 e. The first-order valence-corrected chi connectivity index (χ1v) is 8.04. The third-order valence-corrected chi connectivity index (χ3v) is 3.48. The van der Waals surface area contributed by atoms with Gasteiger partial charge in [0.05, 0.1) is 25.4 Å². The van der Waals surface area contributed by atoms with Gasteiger partial charge in [-0.1, -0.05) is 0 Å². The molecule has 12 nitrogen and oxygen atoms in total. The SMILES string of the molecule is CNCC(O)C(O)C(O)C(O)CO.CNCC(O)C(O)C(O)C(O)CO. The Morgan fingerprint density at radius 3 is 0.923 bits per heavy atom. The van der Waals surface area contributed by atoms with Gasteiger partial charge in [-0.2, -0.15) is 0 Å². The predicted molar refractivity (Wildman–Crippen MR) is 90.1 cm³/mol. The molecule has 8 unspecified atom stereocenters. The molecule has 12 heteroatoms. The lowest BCUT2D eigenvalue weighted by Crippen LogP contribution is -2.48. The van der Waals surface area contributed by atoms with E-state index in [1.54, 1.807) is 14.1 Å². The molecule has 0 saturated carbocycles. The van der Waals surface area contributed by atoms with Crippen LogP contribution in [-0.2, 0) is 0 Å². The van der Waals surface area contributed by atoms with E-state index in [4.69, 9.17) is 40.9 Å². The Bertz CT molecular complexity index is 298. The van der Waals surface area contributed by atoms with Crippen LogP contribution in [0.25, 0.3) is 0 Å². The quantitative estimate of drug-likeness (QED) is 0.149. The molecule has 0 aliphatic carbocycles. The highest BCUT2D eigenvalue weighted by molar-refractivity contribution is 4.82. The Morgan fingerprint density at radius 1 is 0.500 bits per heavy atom. The first-order valence-electron chi connectivity index (χ1n) is 8.04. The molecular weight excluding hydrogens is 356 g/mol. The van der Waals surface area contributed by atoms with Crippen LogP contribution < -0.4 is 10.6 Å². The van der Waals surface area contributed by atoms with Crippen molar-refractivity contribution in [2.45, 2.75) is 48.8 Å². The summed E-state index contributed by atoms with van der Waals surface area (Å²) >= 11 is 0. The number of aliphatic hydroxyl groups excluding tert-OH is 10. The van der Waals surface area contributed by atoms with E-state index in [2.05, 4.69) is 10.6 Å². The second-order valence-corrected chi connectivity index (χ2v) is 5.71. The number of aliphatic hydroxyl groups is 10. The summed E-state index contributed by atoms with van der Waals surface area (Å²) in [6.45, 7) is -1.14. The van der Waals surface area contributed by atoms with Crippen molar-refractivity contribution in [3.63, 3.8) is 0 Å². The Balaban J connectivity index is 0. The molecule has 0 aromatic rings. The molecule has 0 radical (unpaired) electrons. The highest BCUT2D eigenvalue weighted by Gasteiger charge is 2.30. The summed E-state index contributed by atoms with van der Waals surface area (Å²) in [5, 5.41) is 95.0. The van der Waals surface area contributed by atoms with Gasteiger partial charge >= 0.3 is 0 Å². The van der Waals surface area contributed by atoms with Gasteiger partial charge in [-0.05, 0) is 14.1 Å². The van der Waals surface area contributed by atoms with E-state index in [1.807, 2.05) is 0 Å². The van der Waals surface area contributed by atoms with E-state index in [-0.39, 0.29) is 13.1 Å². The molecule has 0 aliphatic heterocycles. The van der Waals surface area contributed by atoms with Crippen molar-refractivity contribution < 1.29 is 51.1 Å². The maximum Gasteiger partial charge on any atom is 0.111 e. The summed E-state index contributed by atoms with van der Waals surface area (Å²) in [6.07, 6.45) is -11.3. The highest BCUT2D eigenvalue weighted by Crippen LogP contribution is 2.04. The molecule has 0 aromatic heterocycles. The van der Waals surface area contributed by atoms with Gasteiger partial charge in [0.2, 0.25) is 0 Å². The average Bonchev–Trinajstić information content (AvgIpc) is 2.64. The van der Waals surface area contributed by atoms with Crippen LogP contribution in [-0.4, -0.2) is 140 Å². The van der Waals surface area contributed by atoms with Crippen molar-refractivity contribution in [2.75, 3.05) is 40.4 Å². The fraction of sp³-hybridized carbons (Fsp3) is 1.00. The summed E-state index contributed by atoms with van der Waals surface area (Å²) in [4.78, 5) is 0. The Labute approximate surface area is 152 Å². The van der Waals surface area contributed by atoms with Crippen LogP contribution in [0.5, 0.6) is 0 Å². The molecule has 8 atom stereocenters. The lowest BCUT2D eigenvalue weighted by molar-refractivity contribution is -0.113. The molecule has 0 saturated heterocycles. The zero-order valence-corrected chi connectivity index (χ0v) is 14.9. The molecule has 0 bridgehead atoms. The van der Waals surface area contributed by atoms with Gasteiger partial charge in [-0.15, -0.1) is 0 Å². The Kier molecular flexibility index (Phi) is 16.6. The number of nitrogens with one attached hydrogen (secondary N) is 2. The third kappa shape index (κ3) is 10.6. The van der Waals surface area contributed by atoms with Gasteiger partial charge in [0, 0.05) is 13.1 Å². The lowest BCUT2D eigenvalue weighted by Gasteiger charge is -2.25. The molecule has 0 aliphatic rings. The maximum absolute atomic E-state index is 9.21. The van der Waals surface area contributed by atoms with E-state index < -0.39 is 62.0 Å². The van der Waals surface area contributed by atoms with E-state index in [0.717, 1.165) is 0 Å². The summed E-state index contributed by atoms with van der Waals surface area (Å²) in [5.41, 5.74) is 0. The second kappa shape index (κ2) is 15.6. The van der Waals surface area contributed by atoms with Crippen molar-refractivity contribution in [2.24, 2.45) is 0 Å². The molecular formula is C14H34N2O10. The van der Waals surface area contributed by atoms with Gasteiger partial charge in [0.15, 0.2) is 0 Å². The smallest absolute Gasteiger partial charge is 0.111 e. The van der Waals surface area contributed by atoms with E-state index in [0.29, 0.717) is 0 Å². The monoisotopic (exact) mass is 390 g/mol. The first kappa shape index (κ1) is 27.7. The molecule has 0 fully saturated rings. The van der Waals surface area contributed by atoms with Gasteiger partial charge in [-0.25, -0.2) is 0 Å². The summed E-state index contributed by atoms with van der Waals surface area (Å²) in [5.74, 6) is 0. The minimum atomic E-state index is -1.55. The van der Waals surface area contributed by atoms with Crippen molar-refractivity contribution in [3.8, 4) is 0 Å². The molecule has 0 rings (SSSR count). The van der Waals surface area contributed by atoms with Gasteiger partial charge < -0.3 is 61.7 Å². The van der Waals surface area contributed by atoms with Gasteiger partial charge in [-0.3, -0.25) is 0 Å². The summed E-state index contributed by atoms with van der Waals surface area (Å²) in [7, 11) is 3.15. The van der Waals surface area contributed by atoms with Crippen LogP contribution in [0.15, 0.2) is 0 Å². The normalized spacial score (nSPS) is 20.8. The first-order chi connectivity index (χ1) is 12.1. The third-order valence-electron chi connectivity index (χ3n) is 3.48. The fourth-order valence-corrected chi connectivity index (χ4v) is 1.79. The van der Waals surface area contributed by atoms with E-state index in [9.17, 15) is 10.2 Å². The zero-order chi connectivity index (χ0) is 20.9. The second-order valence-electron chi connectivity index (χ2n) is 5.71. The zero-order valence-electron chi connectivity index (χ0n) is 14.9. The number of likely N-dealkylation sites (N-methyl/N-ethyl adjacent to an activating group) is 2. The number of hydrogen-bond acceptors (Lipinski definition) is 12. The van der Waals surface area contributed by atoms with Crippen LogP contribution >= 0.6 is 0 Å². The van der Waals surface area contributed by atoms with Crippen molar-refractivity contribution >= 4 is 0 Å². The molecule has 0 amide bonds.